The van der Waals surface area contributed by atoms with E-state index in [1.54, 1.807) is 37.5 Å². The van der Waals surface area contributed by atoms with Crippen molar-refractivity contribution in [1.29, 1.82) is 10.5 Å². The molecule has 0 aliphatic carbocycles. The van der Waals surface area contributed by atoms with Gasteiger partial charge in [0, 0.05) is 38.9 Å². The molecule has 0 radical (unpaired) electrons. The molecule has 184 valence electrons. The maximum Gasteiger partial charge on any atom is 0.270 e. The van der Waals surface area contributed by atoms with Gasteiger partial charge in [0.15, 0.2) is 0 Å². The SMILES string of the molecule is C[C@@H]1CN(c2c(C#N)c(=O)n(C)c3ccc(C#N)nc23)CCN1C(c1ccc(F)cc1)c1ccncn1. The van der Waals surface area contributed by atoms with Crippen LogP contribution in [0.1, 0.15) is 35.5 Å². The lowest BCUT2D eigenvalue weighted by atomic mass is 9.98. The minimum atomic E-state index is -0.406. The molecule has 1 saturated heterocycles. The summed E-state index contributed by atoms with van der Waals surface area (Å²) in [4.78, 5) is 30.3. The predicted molar refractivity (Wildman–Crippen MR) is 135 cm³/mol. The lowest BCUT2D eigenvalue weighted by Crippen LogP contribution is -2.54. The molecule has 1 aromatic carbocycles. The first-order chi connectivity index (χ1) is 17.9. The van der Waals surface area contributed by atoms with E-state index < -0.39 is 5.56 Å². The Hall–Kier alpha value is -4.67. The number of halogens is 1. The Labute approximate surface area is 212 Å². The number of fused-ring (bicyclic) bond motifs is 1. The molecule has 0 amide bonds. The van der Waals surface area contributed by atoms with Crippen LogP contribution in [0.25, 0.3) is 11.0 Å². The molecule has 0 N–H and O–H groups in total. The zero-order chi connectivity index (χ0) is 26.1. The molecule has 0 spiro atoms. The fraction of sp³-hybridized carbons (Fsp3) is 0.259. The van der Waals surface area contributed by atoms with Crippen molar-refractivity contribution in [1.82, 2.24) is 24.4 Å². The van der Waals surface area contributed by atoms with Crippen molar-refractivity contribution in [2.75, 3.05) is 24.5 Å². The highest BCUT2D eigenvalue weighted by atomic mass is 19.1. The first kappa shape index (κ1) is 24.0. The van der Waals surface area contributed by atoms with Crippen molar-refractivity contribution in [3.63, 3.8) is 0 Å². The van der Waals surface area contributed by atoms with E-state index >= 15 is 0 Å². The molecule has 10 heteroatoms. The van der Waals surface area contributed by atoms with Gasteiger partial charge in [-0.2, -0.15) is 10.5 Å². The van der Waals surface area contributed by atoms with E-state index in [0.29, 0.717) is 36.4 Å². The van der Waals surface area contributed by atoms with Crippen LogP contribution in [0.4, 0.5) is 10.1 Å². The van der Waals surface area contributed by atoms with Crippen LogP contribution in [0.2, 0.25) is 0 Å². The molecule has 0 bridgehead atoms. The van der Waals surface area contributed by atoms with E-state index in [9.17, 15) is 19.7 Å². The van der Waals surface area contributed by atoms with E-state index in [4.69, 9.17) is 0 Å². The van der Waals surface area contributed by atoms with Crippen molar-refractivity contribution in [3.8, 4) is 12.1 Å². The van der Waals surface area contributed by atoms with Crippen LogP contribution in [0.3, 0.4) is 0 Å². The maximum atomic E-state index is 13.7. The number of hydrogen-bond acceptors (Lipinski definition) is 8. The molecule has 1 fully saturated rings. The van der Waals surface area contributed by atoms with Crippen molar-refractivity contribution in [3.05, 3.63) is 93.7 Å². The molecule has 2 atom stereocenters. The van der Waals surface area contributed by atoms with Crippen LogP contribution >= 0.6 is 0 Å². The molecular formula is C27H23FN8O. The zero-order valence-corrected chi connectivity index (χ0v) is 20.3. The van der Waals surface area contributed by atoms with Crippen molar-refractivity contribution in [2.24, 2.45) is 7.05 Å². The van der Waals surface area contributed by atoms with Gasteiger partial charge in [-0.1, -0.05) is 12.1 Å². The minimum Gasteiger partial charge on any atom is -0.366 e. The topological polar surface area (TPSA) is 115 Å². The summed E-state index contributed by atoms with van der Waals surface area (Å²) in [5.74, 6) is -0.311. The standard InChI is InChI=1S/C27H23FN8O/c1-17-15-35(26-21(14-30)27(37)34(2)23-8-7-20(13-29)33-24(23)26)11-12-36(17)25(22-9-10-31-16-32-22)18-3-5-19(28)6-4-18/h3-10,16-17,25H,11-12,15H2,1-2H3/t17-,25?/m1/s1. The van der Waals surface area contributed by atoms with E-state index in [1.165, 1.54) is 23.0 Å². The van der Waals surface area contributed by atoms with Crippen molar-refractivity contribution in [2.45, 2.75) is 19.0 Å². The fourth-order valence-corrected chi connectivity index (χ4v) is 5.06. The molecule has 37 heavy (non-hydrogen) atoms. The van der Waals surface area contributed by atoms with E-state index in [-0.39, 0.29) is 29.2 Å². The summed E-state index contributed by atoms with van der Waals surface area (Å²) in [6.45, 7) is 3.64. The second-order valence-corrected chi connectivity index (χ2v) is 9.00. The quantitative estimate of drug-likeness (QED) is 0.425. The van der Waals surface area contributed by atoms with Gasteiger partial charge >= 0.3 is 0 Å². The smallest absolute Gasteiger partial charge is 0.270 e. The molecule has 1 aliphatic rings. The molecular weight excluding hydrogens is 471 g/mol. The number of nitrogens with zero attached hydrogens (tertiary/aromatic N) is 8. The average molecular weight is 495 g/mol. The second-order valence-electron chi connectivity index (χ2n) is 9.00. The van der Waals surface area contributed by atoms with Gasteiger partial charge in [0.05, 0.1) is 22.9 Å². The van der Waals surface area contributed by atoms with Crippen molar-refractivity contribution < 1.29 is 4.39 Å². The lowest BCUT2D eigenvalue weighted by Gasteiger charge is -2.45. The van der Waals surface area contributed by atoms with Gasteiger partial charge in [-0.3, -0.25) is 9.69 Å². The number of nitriles is 2. The number of aromatic nitrogens is 4. The molecule has 3 aromatic heterocycles. The number of aryl methyl sites for hydroxylation is 1. The largest absolute Gasteiger partial charge is 0.366 e. The first-order valence-electron chi connectivity index (χ1n) is 11.8. The van der Waals surface area contributed by atoms with E-state index in [0.717, 1.165) is 11.3 Å². The normalized spacial score (nSPS) is 16.8. The highest BCUT2D eigenvalue weighted by molar-refractivity contribution is 5.92. The monoisotopic (exact) mass is 494 g/mol. The van der Waals surface area contributed by atoms with E-state index in [1.807, 2.05) is 17.0 Å². The van der Waals surface area contributed by atoms with Crippen LogP contribution < -0.4 is 10.5 Å². The number of rotatable bonds is 4. The third-order valence-electron chi connectivity index (χ3n) is 6.84. The predicted octanol–water partition coefficient (Wildman–Crippen LogP) is 2.91. The minimum absolute atomic E-state index is 0.00382. The summed E-state index contributed by atoms with van der Waals surface area (Å²) in [5.41, 5.74) is 2.95. The van der Waals surface area contributed by atoms with Crippen LogP contribution in [-0.4, -0.2) is 50.1 Å². The Morgan fingerprint density at radius 3 is 2.51 bits per heavy atom. The maximum absolute atomic E-state index is 13.7. The summed E-state index contributed by atoms with van der Waals surface area (Å²) in [5, 5.41) is 19.3. The van der Waals surface area contributed by atoms with Crippen LogP contribution in [0, 0.1) is 28.5 Å². The zero-order valence-electron chi connectivity index (χ0n) is 20.3. The van der Waals surface area contributed by atoms with Crippen molar-refractivity contribution >= 4 is 16.7 Å². The van der Waals surface area contributed by atoms with Gasteiger partial charge in [-0.25, -0.2) is 19.3 Å². The number of benzene rings is 1. The first-order valence-corrected chi connectivity index (χ1v) is 11.8. The Morgan fingerprint density at radius 1 is 1.08 bits per heavy atom. The summed E-state index contributed by atoms with van der Waals surface area (Å²) >= 11 is 0. The van der Waals surface area contributed by atoms with Gasteiger partial charge in [-0.05, 0) is 42.8 Å². The highest BCUT2D eigenvalue weighted by Gasteiger charge is 2.34. The number of anilines is 1. The van der Waals surface area contributed by atoms with Gasteiger partial charge in [0.25, 0.3) is 5.56 Å². The molecule has 4 aromatic rings. The van der Waals surface area contributed by atoms with Gasteiger partial charge in [0.1, 0.15) is 41.1 Å². The molecule has 0 saturated carbocycles. The summed E-state index contributed by atoms with van der Waals surface area (Å²) < 4.78 is 15.1. The average Bonchev–Trinajstić information content (AvgIpc) is 2.93. The number of pyridine rings is 2. The third-order valence-corrected chi connectivity index (χ3v) is 6.84. The van der Waals surface area contributed by atoms with Gasteiger partial charge in [0.2, 0.25) is 0 Å². The third kappa shape index (κ3) is 4.28. The molecule has 1 unspecified atom stereocenters. The Morgan fingerprint density at radius 2 is 1.86 bits per heavy atom. The van der Waals surface area contributed by atoms with Gasteiger partial charge in [-0.15, -0.1) is 0 Å². The molecule has 9 nitrogen and oxygen atoms in total. The molecule has 1 aliphatic heterocycles. The van der Waals surface area contributed by atoms with Crippen LogP contribution in [0.15, 0.2) is 59.8 Å². The molecule has 5 rings (SSSR count). The summed E-state index contributed by atoms with van der Waals surface area (Å²) in [6, 6.07) is 15.3. The van der Waals surface area contributed by atoms with Crippen LogP contribution in [-0.2, 0) is 7.05 Å². The summed E-state index contributed by atoms with van der Waals surface area (Å²) in [6.07, 6.45) is 3.18. The Balaban J connectivity index is 1.56. The molecule has 4 heterocycles. The number of hydrogen-bond donors (Lipinski definition) is 0. The Bertz CT molecular complexity index is 1610. The highest BCUT2D eigenvalue weighted by Crippen LogP contribution is 2.34. The number of piperazine rings is 1. The Kier molecular flexibility index (Phi) is 6.34. The van der Waals surface area contributed by atoms with Gasteiger partial charge < -0.3 is 9.47 Å². The fourth-order valence-electron chi connectivity index (χ4n) is 5.06. The second kappa shape index (κ2) is 9.76. The van der Waals surface area contributed by atoms with E-state index in [2.05, 4.69) is 32.8 Å². The summed E-state index contributed by atoms with van der Waals surface area (Å²) in [7, 11) is 1.60. The lowest BCUT2D eigenvalue weighted by molar-refractivity contribution is 0.147. The van der Waals surface area contributed by atoms with Crippen LogP contribution in [0.5, 0.6) is 0 Å².